The van der Waals surface area contributed by atoms with Gasteiger partial charge in [0.25, 0.3) is 11.4 Å². The van der Waals surface area contributed by atoms with Crippen molar-refractivity contribution in [3.05, 3.63) is 97.3 Å². The molecule has 16 heteroatoms. The zero-order valence-corrected chi connectivity index (χ0v) is 34.3. The molecule has 0 unspecified atom stereocenters. The number of benzene rings is 3. The predicted octanol–water partition coefficient (Wildman–Crippen LogP) is 7.42. The van der Waals surface area contributed by atoms with Gasteiger partial charge in [0, 0.05) is 80.6 Å². The average molecular weight is 811 g/mol. The summed E-state index contributed by atoms with van der Waals surface area (Å²) in [4.78, 5) is 27.2. The van der Waals surface area contributed by atoms with Crippen molar-refractivity contribution in [1.82, 2.24) is 14.7 Å². The third kappa shape index (κ3) is 18.6. The molecule has 0 atom stereocenters. The molecule has 3 saturated heterocycles. The fourth-order valence-electron chi connectivity index (χ4n) is 6.49. The van der Waals surface area contributed by atoms with Crippen LogP contribution in [0, 0.1) is 46.8 Å². The number of non-ortho nitro benzene ring substituents is 2. The van der Waals surface area contributed by atoms with Crippen molar-refractivity contribution < 1.29 is 14.2 Å². The fraction of sp³-hybridized carbons (Fsp3) is 0.538. The molecule has 13 nitrogen and oxygen atoms in total. The first kappa shape index (κ1) is 49.2. The summed E-state index contributed by atoms with van der Waals surface area (Å²) in [5.41, 5.74) is 16.6. The third-order valence-corrected chi connectivity index (χ3v) is 9.55. The van der Waals surface area contributed by atoms with E-state index in [1.165, 1.54) is 102 Å². The quantitative estimate of drug-likeness (QED) is 0.0815. The third-order valence-electron chi connectivity index (χ3n) is 9.55. The van der Waals surface area contributed by atoms with Gasteiger partial charge in [-0.15, -0.1) is 24.8 Å². The fourth-order valence-corrected chi connectivity index (χ4v) is 6.49. The topological polar surface area (TPSA) is 172 Å². The largest absolute Gasteiger partial charge is 0.399 e. The number of aryl methyl sites for hydroxylation is 3. The van der Waals surface area contributed by atoms with E-state index in [2.05, 4.69) is 38.3 Å². The van der Waals surface area contributed by atoms with Gasteiger partial charge in [-0.2, -0.15) is 0 Å². The van der Waals surface area contributed by atoms with E-state index < -0.39 is 10.7 Å². The van der Waals surface area contributed by atoms with E-state index in [0.29, 0.717) is 5.56 Å². The summed E-state index contributed by atoms with van der Waals surface area (Å²) in [6.45, 7) is 19.0. The summed E-state index contributed by atoms with van der Waals surface area (Å²) in [6.07, 6.45) is 8.08. The van der Waals surface area contributed by atoms with Crippen LogP contribution in [0.15, 0.2) is 54.6 Å². The van der Waals surface area contributed by atoms with E-state index in [1.54, 1.807) is 18.2 Å². The SMILES string of the molecule is Cc1cc(N)ccc1NCCN1CCCC1.Cc1cc([N+](=O)[O-])ccc1F.Cc1cc([N+](=O)[O-])ccc1NCCN1CCCC1.Cl.Cl.NCCN1CCCC1. The Labute approximate surface area is 338 Å². The van der Waals surface area contributed by atoms with Crippen LogP contribution in [0.25, 0.3) is 0 Å². The molecule has 6 N–H and O–H groups in total. The van der Waals surface area contributed by atoms with Gasteiger partial charge in [-0.05, 0) is 146 Å². The van der Waals surface area contributed by atoms with Crippen molar-refractivity contribution in [2.75, 3.05) is 94.9 Å². The van der Waals surface area contributed by atoms with Gasteiger partial charge in [0.1, 0.15) is 5.82 Å². The number of nitrogens with two attached hydrogens (primary N) is 2. The lowest BCUT2D eigenvalue weighted by atomic mass is 10.2. The highest BCUT2D eigenvalue weighted by molar-refractivity contribution is 5.85. The highest BCUT2D eigenvalue weighted by Gasteiger charge is 2.13. The maximum Gasteiger partial charge on any atom is 0.269 e. The number of hydrogen-bond donors (Lipinski definition) is 4. The Balaban J connectivity index is 0.000000377. The number of anilines is 3. The number of nitrogens with zero attached hydrogens (tertiary/aromatic N) is 5. The summed E-state index contributed by atoms with van der Waals surface area (Å²) in [6, 6.07) is 14.4. The van der Waals surface area contributed by atoms with Crippen molar-refractivity contribution >= 4 is 53.3 Å². The summed E-state index contributed by atoms with van der Waals surface area (Å²) in [5.74, 6) is -0.421. The van der Waals surface area contributed by atoms with Crippen LogP contribution in [-0.4, -0.2) is 103 Å². The number of nitro groups is 2. The molecule has 3 aliphatic heterocycles. The van der Waals surface area contributed by atoms with Gasteiger partial charge in [0.15, 0.2) is 0 Å². The van der Waals surface area contributed by atoms with Crippen LogP contribution in [0.2, 0.25) is 0 Å². The number of nitrogen functional groups attached to an aromatic ring is 1. The Morgan fingerprint density at radius 1 is 0.618 bits per heavy atom. The summed E-state index contributed by atoms with van der Waals surface area (Å²) >= 11 is 0. The zero-order chi connectivity index (χ0) is 38.6. The summed E-state index contributed by atoms with van der Waals surface area (Å²) in [7, 11) is 0. The van der Waals surface area contributed by atoms with Gasteiger partial charge < -0.3 is 36.8 Å². The molecule has 3 heterocycles. The lowest BCUT2D eigenvalue weighted by molar-refractivity contribution is -0.385. The minimum atomic E-state index is -0.549. The monoisotopic (exact) mass is 809 g/mol. The molecule has 0 aromatic heterocycles. The lowest BCUT2D eigenvalue weighted by Gasteiger charge is -2.16. The first-order chi connectivity index (χ1) is 25.5. The standard InChI is InChI=1S/C13H19N3O2.C13H21N3.C7H6FNO2.C6H14N2.2ClH/c1-11-10-12(16(17)18)4-5-13(11)14-6-9-15-7-2-3-8-15;1-11-10-12(14)4-5-13(11)15-6-9-16-7-2-3-8-16;1-5-4-6(9(10)11)2-3-7(5)8;7-3-6-8-4-1-2-5-8;;/h4-5,10,14H,2-3,6-9H2,1H3;4-5,10,15H,2-3,6-9,14H2,1H3;2-4H,1H3;1-7H2;2*1H. The molecule has 3 aromatic rings. The molecular formula is C39H62Cl2FN9O4. The predicted molar refractivity (Wildman–Crippen MR) is 229 cm³/mol. The zero-order valence-electron chi connectivity index (χ0n) is 32.6. The molecule has 3 aliphatic rings. The normalized spacial score (nSPS) is 15.1. The van der Waals surface area contributed by atoms with Crippen LogP contribution in [0.5, 0.6) is 0 Å². The van der Waals surface area contributed by atoms with Crippen molar-refractivity contribution in [1.29, 1.82) is 0 Å². The van der Waals surface area contributed by atoms with Crippen molar-refractivity contribution in [2.45, 2.75) is 59.3 Å². The number of nitro benzene ring substituents is 2. The highest BCUT2D eigenvalue weighted by atomic mass is 35.5. The first-order valence-electron chi connectivity index (χ1n) is 18.8. The Hall–Kier alpha value is -3.79. The van der Waals surface area contributed by atoms with Gasteiger partial charge in [-0.25, -0.2) is 4.39 Å². The highest BCUT2D eigenvalue weighted by Crippen LogP contribution is 2.21. The van der Waals surface area contributed by atoms with Crippen LogP contribution in [-0.2, 0) is 0 Å². The van der Waals surface area contributed by atoms with E-state index in [1.807, 2.05) is 19.1 Å². The van der Waals surface area contributed by atoms with Crippen LogP contribution in [0.4, 0.5) is 32.8 Å². The number of likely N-dealkylation sites (tertiary alicyclic amines) is 3. The molecule has 0 amide bonds. The molecule has 0 bridgehead atoms. The van der Waals surface area contributed by atoms with Gasteiger partial charge in [-0.3, -0.25) is 20.2 Å². The Morgan fingerprint density at radius 2 is 1.00 bits per heavy atom. The molecule has 0 aliphatic carbocycles. The summed E-state index contributed by atoms with van der Waals surface area (Å²) < 4.78 is 12.5. The molecule has 0 saturated carbocycles. The van der Waals surface area contributed by atoms with Gasteiger partial charge >= 0.3 is 0 Å². The van der Waals surface area contributed by atoms with Crippen LogP contribution in [0.1, 0.15) is 55.2 Å². The Kier molecular flexibility index (Phi) is 24.1. The molecule has 3 fully saturated rings. The van der Waals surface area contributed by atoms with E-state index in [4.69, 9.17) is 11.5 Å². The van der Waals surface area contributed by atoms with Gasteiger partial charge in [-0.1, -0.05) is 0 Å². The second kappa shape index (κ2) is 26.9. The van der Waals surface area contributed by atoms with Gasteiger partial charge in [0.2, 0.25) is 0 Å². The summed E-state index contributed by atoms with van der Waals surface area (Å²) in [5, 5.41) is 27.6. The Morgan fingerprint density at radius 3 is 1.38 bits per heavy atom. The lowest BCUT2D eigenvalue weighted by Crippen LogP contribution is -2.26. The number of rotatable bonds is 12. The van der Waals surface area contributed by atoms with Gasteiger partial charge in [0.05, 0.1) is 9.85 Å². The van der Waals surface area contributed by atoms with Crippen LogP contribution >= 0.6 is 24.8 Å². The van der Waals surface area contributed by atoms with Crippen molar-refractivity contribution in [2.24, 2.45) is 5.73 Å². The Bertz CT molecular complexity index is 1570. The maximum atomic E-state index is 12.5. The number of nitrogens with one attached hydrogen (secondary N) is 2. The molecule has 308 valence electrons. The van der Waals surface area contributed by atoms with E-state index in [9.17, 15) is 24.6 Å². The van der Waals surface area contributed by atoms with E-state index in [0.717, 1.165) is 68.3 Å². The average Bonchev–Trinajstić information content (AvgIpc) is 3.94. The number of hydrogen-bond acceptors (Lipinski definition) is 11. The minimum Gasteiger partial charge on any atom is -0.399 e. The first-order valence-corrected chi connectivity index (χ1v) is 18.8. The molecule has 0 radical (unpaired) electrons. The second-order valence-electron chi connectivity index (χ2n) is 13.8. The number of halogens is 3. The van der Waals surface area contributed by atoms with E-state index in [-0.39, 0.29) is 41.1 Å². The second-order valence-corrected chi connectivity index (χ2v) is 13.8. The van der Waals surface area contributed by atoms with E-state index >= 15 is 0 Å². The van der Waals surface area contributed by atoms with Crippen molar-refractivity contribution in [3.8, 4) is 0 Å². The smallest absolute Gasteiger partial charge is 0.269 e. The van der Waals surface area contributed by atoms with Crippen LogP contribution in [0.3, 0.4) is 0 Å². The minimum absolute atomic E-state index is 0. The van der Waals surface area contributed by atoms with Crippen LogP contribution < -0.4 is 22.1 Å². The molecule has 3 aromatic carbocycles. The van der Waals surface area contributed by atoms with Crippen molar-refractivity contribution in [3.63, 3.8) is 0 Å². The maximum absolute atomic E-state index is 12.5. The molecule has 0 spiro atoms. The molecule has 6 rings (SSSR count). The molecule has 55 heavy (non-hydrogen) atoms. The molecular weight excluding hydrogens is 748 g/mol.